The van der Waals surface area contributed by atoms with Crippen LogP contribution in [0.4, 0.5) is 5.69 Å². The molecule has 1 fully saturated rings. The second-order valence-electron chi connectivity index (χ2n) is 5.65. The molecule has 3 rings (SSSR count). The molecule has 0 spiro atoms. The number of anilines is 1. The number of nitrogens with zero attached hydrogens (tertiary/aromatic N) is 3. The molecule has 20 heavy (non-hydrogen) atoms. The smallest absolute Gasteiger partial charge is 0.109 e. The van der Waals surface area contributed by atoms with Gasteiger partial charge >= 0.3 is 0 Å². The Bertz CT molecular complexity index is 571. The van der Waals surface area contributed by atoms with E-state index in [-0.39, 0.29) is 0 Å². The molecule has 0 amide bonds. The third kappa shape index (κ3) is 3.20. The van der Waals surface area contributed by atoms with Crippen LogP contribution in [0.5, 0.6) is 0 Å². The number of rotatable bonds is 6. The van der Waals surface area contributed by atoms with Gasteiger partial charge in [-0.05, 0) is 30.5 Å². The molecule has 1 aliphatic rings. The first-order valence-corrected chi connectivity index (χ1v) is 7.27. The topological polar surface area (TPSA) is 47.1 Å². The van der Waals surface area contributed by atoms with Gasteiger partial charge in [0.1, 0.15) is 5.82 Å². The first-order chi connectivity index (χ1) is 9.72. The van der Waals surface area contributed by atoms with Crippen molar-refractivity contribution in [1.29, 1.82) is 0 Å². The lowest BCUT2D eigenvalue weighted by Crippen LogP contribution is -2.28. The van der Waals surface area contributed by atoms with E-state index in [0.29, 0.717) is 0 Å². The molecule has 2 aromatic rings. The zero-order chi connectivity index (χ0) is 13.9. The Morgan fingerprint density at radius 1 is 1.40 bits per heavy atom. The Hall–Kier alpha value is -1.81. The molecule has 0 atom stereocenters. The zero-order valence-electron chi connectivity index (χ0n) is 12.0. The summed E-state index contributed by atoms with van der Waals surface area (Å²) >= 11 is 0. The number of aryl methyl sites for hydroxylation is 1. The normalized spacial score (nSPS) is 14.9. The molecule has 1 aliphatic carbocycles. The van der Waals surface area contributed by atoms with Crippen molar-refractivity contribution in [1.82, 2.24) is 14.5 Å². The van der Waals surface area contributed by atoms with Crippen molar-refractivity contribution in [2.45, 2.75) is 31.8 Å². The van der Waals surface area contributed by atoms with Gasteiger partial charge in [0.25, 0.3) is 0 Å². The van der Waals surface area contributed by atoms with Crippen LogP contribution in [-0.2, 0) is 20.0 Å². The van der Waals surface area contributed by atoms with E-state index < -0.39 is 0 Å². The third-order valence-electron chi connectivity index (χ3n) is 3.94. The maximum Gasteiger partial charge on any atom is 0.109 e. The van der Waals surface area contributed by atoms with E-state index in [0.717, 1.165) is 37.1 Å². The van der Waals surface area contributed by atoms with Gasteiger partial charge in [-0.2, -0.15) is 0 Å². The molecule has 1 saturated carbocycles. The highest BCUT2D eigenvalue weighted by Crippen LogP contribution is 2.28. The highest BCUT2D eigenvalue weighted by Gasteiger charge is 2.28. The summed E-state index contributed by atoms with van der Waals surface area (Å²) in [5.41, 5.74) is 8.02. The molecular weight excluding hydrogens is 248 g/mol. The summed E-state index contributed by atoms with van der Waals surface area (Å²) in [5, 5.41) is 0. The van der Waals surface area contributed by atoms with Gasteiger partial charge in [0.05, 0.1) is 0 Å². The monoisotopic (exact) mass is 270 g/mol. The van der Waals surface area contributed by atoms with Gasteiger partial charge in [0, 0.05) is 50.7 Å². The largest absolute Gasteiger partial charge is 0.399 e. The van der Waals surface area contributed by atoms with Gasteiger partial charge in [-0.3, -0.25) is 4.90 Å². The van der Waals surface area contributed by atoms with E-state index in [1.807, 2.05) is 24.5 Å². The molecule has 2 N–H and O–H groups in total. The Kier molecular flexibility index (Phi) is 3.74. The molecule has 106 valence electrons. The molecule has 0 saturated heterocycles. The second kappa shape index (κ2) is 5.67. The van der Waals surface area contributed by atoms with Crippen LogP contribution in [0.1, 0.15) is 24.2 Å². The maximum absolute atomic E-state index is 5.87. The molecular formula is C16H22N4. The predicted molar refractivity (Wildman–Crippen MR) is 81.2 cm³/mol. The van der Waals surface area contributed by atoms with Crippen molar-refractivity contribution in [2.75, 3.05) is 12.3 Å². The summed E-state index contributed by atoms with van der Waals surface area (Å²) in [6.45, 7) is 2.05. The van der Waals surface area contributed by atoms with Crippen LogP contribution in [0.3, 0.4) is 0 Å². The van der Waals surface area contributed by atoms with Crippen molar-refractivity contribution in [2.24, 2.45) is 7.05 Å². The van der Waals surface area contributed by atoms with Gasteiger partial charge in [-0.1, -0.05) is 12.1 Å². The van der Waals surface area contributed by atoms with Gasteiger partial charge < -0.3 is 10.3 Å². The predicted octanol–water partition coefficient (Wildman–Crippen LogP) is 2.21. The fourth-order valence-corrected chi connectivity index (χ4v) is 2.64. The molecule has 0 aliphatic heterocycles. The van der Waals surface area contributed by atoms with Crippen molar-refractivity contribution in [3.8, 4) is 0 Å². The number of nitrogen functional groups attached to an aromatic ring is 1. The molecule has 1 aromatic carbocycles. The zero-order valence-corrected chi connectivity index (χ0v) is 12.0. The molecule has 0 radical (unpaired) electrons. The van der Waals surface area contributed by atoms with E-state index in [1.165, 1.54) is 18.4 Å². The first kappa shape index (κ1) is 13.2. The fraction of sp³-hybridized carbons (Fsp3) is 0.438. The Morgan fingerprint density at radius 2 is 2.25 bits per heavy atom. The Labute approximate surface area is 120 Å². The maximum atomic E-state index is 5.87. The molecule has 4 nitrogen and oxygen atoms in total. The van der Waals surface area contributed by atoms with E-state index in [4.69, 9.17) is 5.73 Å². The summed E-state index contributed by atoms with van der Waals surface area (Å²) in [4.78, 5) is 6.96. The molecule has 4 heteroatoms. The highest BCUT2D eigenvalue weighted by molar-refractivity contribution is 5.40. The summed E-state index contributed by atoms with van der Waals surface area (Å²) in [7, 11) is 2.06. The fourth-order valence-electron chi connectivity index (χ4n) is 2.64. The summed E-state index contributed by atoms with van der Waals surface area (Å²) in [5.74, 6) is 1.16. The lowest BCUT2D eigenvalue weighted by atomic mass is 10.2. The van der Waals surface area contributed by atoms with Gasteiger partial charge in [0.2, 0.25) is 0 Å². The molecule has 0 unspecified atom stereocenters. The first-order valence-electron chi connectivity index (χ1n) is 7.27. The number of hydrogen-bond donors (Lipinski definition) is 1. The molecule has 1 aromatic heterocycles. The highest BCUT2D eigenvalue weighted by atomic mass is 15.2. The molecule has 0 bridgehead atoms. The van der Waals surface area contributed by atoms with Crippen LogP contribution < -0.4 is 5.73 Å². The van der Waals surface area contributed by atoms with E-state index in [2.05, 4.69) is 33.6 Å². The lowest BCUT2D eigenvalue weighted by Gasteiger charge is -2.22. The standard InChI is InChI=1S/C16H22N4/c1-19-10-8-18-16(19)7-9-20(15-5-6-15)12-13-3-2-4-14(17)11-13/h2-4,8,10-11,15H,5-7,9,12,17H2,1H3. The average molecular weight is 270 g/mol. The SMILES string of the molecule is Cn1ccnc1CCN(Cc1cccc(N)c1)C1CC1. The Morgan fingerprint density at radius 3 is 2.90 bits per heavy atom. The van der Waals surface area contributed by atoms with Crippen molar-refractivity contribution < 1.29 is 0 Å². The number of benzene rings is 1. The average Bonchev–Trinajstić information content (AvgIpc) is 3.18. The minimum atomic E-state index is 0.747. The van der Waals surface area contributed by atoms with Crippen LogP contribution in [0, 0.1) is 0 Å². The minimum Gasteiger partial charge on any atom is -0.399 e. The Balaban J connectivity index is 1.63. The number of nitrogens with two attached hydrogens (primary N) is 1. The van der Waals surface area contributed by atoms with Crippen LogP contribution in [0.15, 0.2) is 36.7 Å². The van der Waals surface area contributed by atoms with Crippen molar-refractivity contribution in [3.05, 3.63) is 48.0 Å². The van der Waals surface area contributed by atoms with Crippen LogP contribution in [0.25, 0.3) is 0 Å². The van der Waals surface area contributed by atoms with Gasteiger partial charge in [0.15, 0.2) is 0 Å². The second-order valence-corrected chi connectivity index (χ2v) is 5.65. The van der Waals surface area contributed by atoms with Crippen LogP contribution in [0.2, 0.25) is 0 Å². The quantitative estimate of drug-likeness (QED) is 0.819. The number of hydrogen-bond acceptors (Lipinski definition) is 3. The number of aromatic nitrogens is 2. The van der Waals surface area contributed by atoms with Crippen molar-refractivity contribution >= 4 is 5.69 Å². The minimum absolute atomic E-state index is 0.747. The van der Waals surface area contributed by atoms with E-state index in [9.17, 15) is 0 Å². The van der Waals surface area contributed by atoms with Gasteiger partial charge in [-0.25, -0.2) is 4.98 Å². The van der Waals surface area contributed by atoms with Gasteiger partial charge in [-0.15, -0.1) is 0 Å². The lowest BCUT2D eigenvalue weighted by molar-refractivity contribution is 0.256. The molecule has 1 heterocycles. The summed E-state index contributed by atoms with van der Waals surface area (Å²) in [6.07, 6.45) is 7.53. The van der Waals surface area contributed by atoms with Crippen LogP contribution >= 0.6 is 0 Å². The van der Waals surface area contributed by atoms with Crippen molar-refractivity contribution in [3.63, 3.8) is 0 Å². The van der Waals surface area contributed by atoms with E-state index >= 15 is 0 Å². The van der Waals surface area contributed by atoms with Crippen LogP contribution in [-0.4, -0.2) is 27.0 Å². The summed E-state index contributed by atoms with van der Waals surface area (Å²) < 4.78 is 2.10. The third-order valence-corrected chi connectivity index (χ3v) is 3.94. The summed E-state index contributed by atoms with van der Waals surface area (Å²) in [6, 6.07) is 8.97. The number of imidazole rings is 1. The van der Waals surface area contributed by atoms with E-state index in [1.54, 1.807) is 0 Å².